The first-order valence-electron chi connectivity index (χ1n) is 5.50. The third kappa shape index (κ3) is 2.57. The molecule has 0 aromatic carbocycles. The van der Waals surface area contributed by atoms with Gasteiger partial charge in [0.25, 0.3) is 0 Å². The second kappa shape index (κ2) is 5.79. The second-order valence-electron chi connectivity index (χ2n) is 4.11. The summed E-state index contributed by atoms with van der Waals surface area (Å²) in [5.41, 5.74) is 0. The average molecular weight is 192 g/mol. The summed E-state index contributed by atoms with van der Waals surface area (Å²) in [6, 6.07) is 0. The van der Waals surface area contributed by atoms with Crippen LogP contribution in [0.4, 0.5) is 0 Å². The van der Waals surface area contributed by atoms with E-state index in [1.807, 2.05) is 6.92 Å². The first kappa shape index (κ1) is 11.2. The minimum absolute atomic E-state index is 0.590. The van der Waals surface area contributed by atoms with Crippen LogP contribution in [0.1, 0.15) is 32.6 Å². The van der Waals surface area contributed by atoms with Crippen LogP contribution >= 0.6 is 0 Å². The Morgan fingerprint density at radius 2 is 2.14 bits per heavy atom. The van der Waals surface area contributed by atoms with Crippen molar-refractivity contribution in [1.29, 1.82) is 0 Å². The summed E-state index contributed by atoms with van der Waals surface area (Å²) < 4.78 is 0. The molecule has 1 rings (SSSR count). The van der Waals surface area contributed by atoms with Crippen LogP contribution in [0, 0.1) is 17.8 Å². The molecule has 3 atom stereocenters. The fourth-order valence-electron chi connectivity index (χ4n) is 2.55. The molecule has 0 aliphatic heterocycles. The molecule has 0 saturated heterocycles. The molecule has 1 saturated carbocycles. The summed E-state index contributed by atoms with van der Waals surface area (Å²) in [6.45, 7) is 5.93. The molecule has 14 heavy (non-hydrogen) atoms. The highest BCUT2D eigenvalue weighted by Crippen LogP contribution is 2.41. The molecule has 1 aliphatic rings. The molecule has 0 spiro atoms. The smallest absolute Gasteiger partial charge is 0.120 e. The molecule has 0 bridgehead atoms. The second-order valence-corrected chi connectivity index (χ2v) is 4.11. The minimum atomic E-state index is 0.590. The predicted octanol–water partition coefficient (Wildman–Crippen LogP) is 3.37. The lowest BCUT2D eigenvalue weighted by atomic mass is 9.85. The molecule has 0 radical (unpaired) electrons. The van der Waals surface area contributed by atoms with Crippen LogP contribution in [0.2, 0.25) is 0 Å². The van der Waals surface area contributed by atoms with Gasteiger partial charge < -0.3 is 4.79 Å². The number of hydrogen-bond acceptors (Lipinski definition) is 1. The number of rotatable bonds is 5. The molecule has 0 heterocycles. The highest BCUT2D eigenvalue weighted by atomic mass is 16.1. The Balaban J connectivity index is 2.59. The van der Waals surface area contributed by atoms with E-state index in [0.717, 1.165) is 19.1 Å². The van der Waals surface area contributed by atoms with Crippen LogP contribution < -0.4 is 0 Å². The fourth-order valence-corrected chi connectivity index (χ4v) is 2.55. The van der Waals surface area contributed by atoms with Crippen LogP contribution in [0.5, 0.6) is 0 Å². The van der Waals surface area contributed by atoms with Crippen molar-refractivity contribution in [1.82, 2.24) is 0 Å². The molecule has 0 N–H and O–H groups in total. The Kier molecular flexibility index (Phi) is 4.64. The molecule has 78 valence electrons. The van der Waals surface area contributed by atoms with E-state index in [1.165, 1.54) is 12.8 Å². The maximum absolute atomic E-state index is 10.5. The van der Waals surface area contributed by atoms with Crippen molar-refractivity contribution in [3.63, 3.8) is 0 Å². The maximum Gasteiger partial charge on any atom is 0.120 e. The van der Waals surface area contributed by atoms with E-state index in [2.05, 4.69) is 24.8 Å². The Morgan fingerprint density at radius 1 is 1.36 bits per heavy atom. The lowest BCUT2D eigenvalue weighted by Gasteiger charge is -2.20. The van der Waals surface area contributed by atoms with E-state index >= 15 is 0 Å². The van der Waals surface area contributed by atoms with Crippen molar-refractivity contribution in [3.8, 4) is 0 Å². The van der Waals surface area contributed by atoms with E-state index in [9.17, 15) is 4.79 Å². The fraction of sp³-hybridized carbons (Fsp3) is 0.615. The van der Waals surface area contributed by atoms with E-state index in [1.54, 1.807) is 0 Å². The van der Waals surface area contributed by atoms with Crippen molar-refractivity contribution in [2.24, 2.45) is 17.8 Å². The van der Waals surface area contributed by atoms with E-state index in [4.69, 9.17) is 0 Å². The molecular formula is C13H20O. The highest BCUT2D eigenvalue weighted by molar-refractivity contribution is 5.50. The molecule has 0 aromatic rings. The third-order valence-electron chi connectivity index (χ3n) is 3.37. The van der Waals surface area contributed by atoms with Crippen LogP contribution in [-0.2, 0) is 4.79 Å². The molecule has 1 heteroatoms. The summed E-state index contributed by atoms with van der Waals surface area (Å²) in [7, 11) is 0. The lowest BCUT2D eigenvalue weighted by Crippen LogP contribution is -2.13. The molecule has 3 unspecified atom stereocenters. The van der Waals surface area contributed by atoms with E-state index in [0.29, 0.717) is 17.8 Å². The topological polar surface area (TPSA) is 17.1 Å². The zero-order chi connectivity index (χ0) is 10.4. The van der Waals surface area contributed by atoms with Gasteiger partial charge in [-0.25, -0.2) is 0 Å². The normalized spacial score (nSPS) is 32.2. The summed E-state index contributed by atoms with van der Waals surface area (Å²) >= 11 is 0. The van der Waals surface area contributed by atoms with Crippen molar-refractivity contribution < 1.29 is 4.79 Å². The van der Waals surface area contributed by atoms with Gasteiger partial charge >= 0.3 is 0 Å². The largest absolute Gasteiger partial charge is 0.303 e. The summed E-state index contributed by atoms with van der Waals surface area (Å²) in [6.07, 6.45) is 11.7. The SMILES string of the molecule is C=CC1CCC(CC=O)C1C/C=C\C. The van der Waals surface area contributed by atoms with Gasteiger partial charge in [-0.15, -0.1) is 6.58 Å². The van der Waals surface area contributed by atoms with Gasteiger partial charge in [-0.3, -0.25) is 0 Å². The van der Waals surface area contributed by atoms with Crippen molar-refractivity contribution >= 4 is 6.29 Å². The van der Waals surface area contributed by atoms with Crippen LogP contribution in [-0.4, -0.2) is 6.29 Å². The van der Waals surface area contributed by atoms with Gasteiger partial charge in [-0.1, -0.05) is 18.2 Å². The number of carbonyl (C=O) groups is 1. The number of aldehydes is 1. The molecule has 1 nitrogen and oxygen atoms in total. The number of allylic oxidation sites excluding steroid dienone is 3. The van der Waals surface area contributed by atoms with Crippen LogP contribution in [0.15, 0.2) is 24.8 Å². The third-order valence-corrected chi connectivity index (χ3v) is 3.37. The monoisotopic (exact) mass is 192 g/mol. The zero-order valence-corrected chi connectivity index (χ0v) is 8.99. The highest BCUT2D eigenvalue weighted by Gasteiger charge is 2.32. The Labute approximate surface area is 86.9 Å². The van der Waals surface area contributed by atoms with Crippen molar-refractivity contribution in [2.45, 2.75) is 32.6 Å². The Bertz CT molecular complexity index is 217. The summed E-state index contributed by atoms with van der Waals surface area (Å²) in [4.78, 5) is 10.5. The van der Waals surface area contributed by atoms with Gasteiger partial charge in [-0.05, 0) is 43.9 Å². The Morgan fingerprint density at radius 3 is 2.71 bits per heavy atom. The standard InChI is InChI=1S/C13H20O/c1-3-5-6-13-11(4-2)7-8-12(13)9-10-14/h3-5,10-13H,2,6-9H2,1H3/b5-3-. The number of carbonyl (C=O) groups excluding carboxylic acids is 1. The van der Waals surface area contributed by atoms with E-state index < -0.39 is 0 Å². The summed E-state index contributed by atoms with van der Waals surface area (Å²) in [5, 5.41) is 0. The zero-order valence-electron chi connectivity index (χ0n) is 8.99. The van der Waals surface area contributed by atoms with Crippen LogP contribution in [0.25, 0.3) is 0 Å². The molecular weight excluding hydrogens is 172 g/mol. The van der Waals surface area contributed by atoms with Gasteiger partial charge in [0.1, 0.15) is 6.29 Å². The molecule has 0 aromatic heterocycles. The van der Waals surface area contributed by atoms with Gasteiger partial charge in [0.15, 0.2) is 0 Å². The van der Waals surface area contributed by atoms with Crippen molar-refractivity contribution in [3.05, 3.63) is 24.8 Å². The number of hydrogen-bond donors (Lipinski definition) is 0. The quantitative estimate of drug-likeness (QED) is 0.482. The van der Waals surface area contributed by atoms with Crippen LogP contribution in [0.3, 0.4) is 0 Å². The van der Waals surface area contributed by atoms with Gasteiger partial charge in [0.05, 0.1) is 0 Å². The van der Waals surface area contributed by atoms with Gasteiger partial charge in [-0.2, -0.15) is 0 Å². The summed E-state index contributed by atoms with van der Waals surface area (Å²) in [5.74, 6) is 1.86. The first-order valence-corrected chi connectivity index (χ1v) is 5.50. The first-order chi connectivity index (χ1) is 6.83. The Hall–Kier alpha value is -0.850. The molecule has 1 fully saturated rings. The minimum Gasteiger partial charge on any atom is -0.303 e. The van der Waals surface area contributed by atoms with E-state index in [-0.39, 0.29) is 0 Å². The maximum atomic E-state index is 10.5. The van der Waals surface area contributed by atoms with Gasteiger partial charge in [0.2, 0.25) is 0 Å². The van der Waals surface area contributed by atoms with Gasteiger partial charge in [0, 0.05) is 6.42 Å². The average Bonchev–Trinajstić information content (AvgIpc) is 2.58. The molecule has 1 aliphatic carbocycles. The van der Waals surface area contributed by atoms with Crippen molar-refractivity contribution in [2.75, 3.05) is 0 Å². The predicted molar refractivity (Wildman–Crippen MR) is 60.0 cm³/mol. The molecule has 0 amide bonds. The lowest BCUT2D eigenvalue weighted by molar-refractivity contribution is -0.108.